The maximum atomic E-state index is 11.0. The van der Waals surface area contributed by atoms with Crippen LogP contribution >= 0.6 is 0 Å². The number of rotatable bonds is 4. The lowest BCUT2D eigenvalue weighted by atomic mass is 10.1. The number of nitro groups is 1. The fraction of sp³-hybridized carbons (Fsp3) is 0.500. The molecule has 2 rings (SSSR count). The summed E-state index contributed by atoms with van der Waals surface area (Å²) < 4.78 is 5.22. The van der Waals surface area contributed by atoms with E-state index in [9.17, 15) is 20.3 Å². The first-order chi connectivity index (χ1) is 9.43. The van der Waals surface area contributed by atoms with Gasteiger partial charge in [-0.25, -0.2) is 0 Å². The van der Waals surface area contributed by atoms with E-state index in [0.29, 0.717) is 0 Å². The smallest absolute Gasteiger partial charge is 0.292 e. The highest BCUT2D eigenvalue weighted by Gasteiger charge is 2.42. The van der Waals surface area contributed by atoms with Gasteiger partial charge in [-0.2, -0.15) is 0 Å². The van der Waals surface area contributed by atoms with E-state index in [0.717, 1.165) is 5.56 Å². The van der Waals surface area contributed by atoms with Gasteiger partial charge in [-0.05, 0) is 18.6 Å². The molecule has 20 heavy (non-hydrogen) atoms. The predicted molar refractivity (Wildman–Crippen MR) is 69.2 cm³/mol. The molecule has 1 saturated heterocycles. The van der Waals surface area contributed by atoms with Crippen molar-refractivity contribution in [3.8, 4) is 0 Å². The fourth-order valence-corrected chi connectivity index (χ4v) is 2.09. The quantitative estimate of drug-likeness (QED) is 0.444. The van der Waals surface area contributed by atoms with Crippen LogP contribution in [0.3, 0.4) is 0 Å². The number of hydrogen-bond donors (Lipinski definition) is 4. The number of benzene rings is 1. The topological polar surface area (TPSA) is 125 Å². The van der Waals surface area contributed by atoms with Gasteiger partial charge in [-0.15, -0.1) is 0 Å². The van der Waals surface area contributed by atoms with Crippen molar-refractivity contribution < 1.29 is 25.0 Å². The molecule has 4 N–H and O–H groups in total. The molecule has 8 heteroatoms. The summed E-state index contributed by atoms with van der Waals surface area (Å²) in [6.07, 6.45) is -4.48. The van der Waals surface area contributed by atoms with Gasteiger partial charge in [0.05, 0.1) is 11.5 Å². The molecule has 1 fully saturated rings. The molecular weight excluding hydrogens is 268 g/mol. The lowest BCUT2D eigenvalue weighted by Gasteiger charge is -2.17. The molecule has 4 atom stereocenters. The van der Waals surface area contributed by atoms with Crippen molar-refractivity contribution in [1.29, 1.82) is 0 Å². The minimum Gasteiger partial charge on any atom is -0.394 e. The van der Waals surface area contributed by atoms with Crippen molar-refractivity contribution in [2.24, 2.45) is 0 Å². The fourth-order valence-electron chi connectivity index (χ4n) is 2.09. The lowest BCUT2D eigenvalue weighted by molar-refractivity contribution is -0.384. The number of aliphatic hydroxyl groups is 3. The molecule has 0 aliphatic carbocycles. The Kier molecular flexibility index (Phi) is 4.19. The molecule has 0 aromatic heterocycles. The van der Waals surface area contributed by atoms with Crippen LogP contribution in [0, 0.1) is 17.0 Å². The van der Waals surface area contributed by atoms with E-state index < -0.39 is 36.1 Å². The SMILES string of the molecule is Cc1ccc(N[C@@H]2O[C@H](CO)[C@H](O)[C@H]2O)c([N+](=O)[O-])c1. The second kappa shape index (κ2) is 5.71. The minimum atomic E-state index is -1.28. The summed E-state index contributed by atoms with van der Waals surface area (Å²) >= 11 is 0. The normalized spacial score (nSPS) is 29.4. The Balaban J connectivity index is 2.21. The van der Waals surface area contributed by atoms with E-state index in [1.54, 1.807) is 13.0 Å². The Hall–Kier alpha value is -1.74. The van der Waals surface area contributed by atoms with E-state index >= 15 is 0 Å². The van der Waals surface area contributed by atoms with Gasteiger partial charge in [0.1, 0.15) is 24.0 Å². The second-order valence-electron chi connectivity index (χ2n) is 4.68. The third-order valence-electron chi connectivity index (χ3n) is 3.19. The van der Waals surface area contributed by atoms with E-state index in [2.05, 4.69) is 5.32 Å². The predicted octanol–water partition coefficient (Wildman–Crippen LogP) is -0.246. The summed E-state index contributed by atoms with van der Waals surface area (Å²) in [5.74, 6) is 0. The van der Waals surface area contributed by atoms with Gasteiger partial charge in [0.2, 0.25) is 0 Å². The summed E-state index contributed by atoms with van der Waals surface area (Å²) in [6.45, 7) is 1.27. The average Bonchev–Trinajstić information content (AvgIpc) is 2.68. The van der Waals surface area contributed by atoms with Crippen LogP contribution in [0.4, 0.5) is 11.4 Å². The van der Waals surface area contributed by atoms with Crippen molar-refractivity contribution in [2.45, 2.75) is 31.5 Å². The summed E-state index contributed by atoms with van der Waals surface area (Å²) in [7, 11) is 0. The maximum Gasteiger partial charge on any atom is 0.292 e. The zero-order valence-corrected chi connectivity index (χ0v) is 10.8. The molecule has 1 aromatic rings. The largest absolute Gasteiger partial charge is 0.394 e. The number of anilines is 1. The third kappa shape index (κ3) is 2.73. The zero-order chi connectivity index (χ0) is 14.9. The van der Waals surface area contributed by atoms with Gasteiger partial charge >= 0.3 is 0 Å². The number of aryl methyl sites for hydroxylation is 1. The van der Waals surface area contributed by atoms with Crippen molar-refractivity contribution in [3.05, 3.63) is 33.9 Å². The Morgan fingerprint density at radius 3 is 2.65 bits per heavy atom. The lowest BCUT2D eigenvalue weighted by Crippen LogP contribution is -2.36. The molecule has 1 aliphatic heterocycles. The number of hydrogen-bond acceptors (Lipinski definition) is 7. The zero-order valence-electron chi connectivity index (χ0n) is 10.8. The molecule has 0 unspecified atom stereocenters. The highest BCUT2D eigenvalue weighted by atomic mass is 16.6. The van der Waals surface area contributed by atoms with Crippen LogP contribution < -0.4 is 5.32 Å². The molecule has 0 spiro atoms. The summed E-state index contributed by atoms with van der Waals surface area (Å²) in [6, 6.07) is 4.57. The monoisotopic (exact) mass is 284 g/mol. The summed E-state index contributed by atoms with van der Waals surface area (Å²) in [4.78, 5) is 10.4. The van der Waals surface area contributed by atoms with Gasteiger partial charge < -0.3 is 25.4 Å². The number of aliphatic hydroxyl groups excluding tert-OH is 3. The van der Waals surface area contributed by atoms with E-state index in [-0.39, 0.29) is 11.4 Å². The molecular formula is C12H16N2O6. The molecule has 1 heterocycles. The first-order valence-electron chi connectivity index (χ1n) is 6.08. The van der Waals surface area contributed by atoms with Gasteiger partial charge in [-0.1, -0.05) is 6.07 Å². The molecule has 8 nitrogen and oxygen atoms in total. The summed E-state index contributed by atoms with van der Waals surface area (Å²) in [5.41, 5.74) is 0.751. The highest BCUT2D eigenvalue weighted by molar-refractivity contribution is 5.63. The number of nitro benzene ring substituents is 1. The molecule has 1 aromatic carbocycles. The number of ether oxygens (including phenoxy) is 1. The Labute approximate surface area is 114 Å². The summed E-state index contributed by atoms with van der Waals surface area (Å²) in [5, 5.41) is 42.1. The highest BCUT2D eigenvalue weighted by Crippen LogP contribution is 2.29. The van der Waals surface area contributed by atoms with Crippen LogP contribution in [0.5, 0.6) is 0 Å². The van der Waals surface area contributed by atoms with Crippen LogP contribution in [-0.2, 0) is 4.74 Å². The second-order valence-corrected chi connectivity index (χ2v) is 4.68. The van der Waals surface area contributed by atoms with Crippen molar-refractivity contribution in [2.75, 3.05) is 11.9 Å². The maximum absolute atomic E-state index is 11.0. The Morgan fingerprint density at radius 1 is 1.40 bits per heavy atom. The molecule has 0 bridgehead atoms. The minimum absolute atomic E-state index is 0.150. The van der Waals surface area contributed by atoms with E-state index in [1.807, 2.05) is 0 Å². The van der Waals surface area contributed by atoms with Crippen molar-refractivity contribution in [1.82, 2.24) is 0 Å². The number of nitrogens with zero attached hydrogens (tertiary/aromatic N) is 1. The van der Waals surface area contributed by atoms with E-state index in [1.165, 1.54) is 12.1 Å². The van der Waals surface area contributed by atoms with Crippen molar-refractivity contribution in [3.63, 3.8) is 0 Å². The standard InChI is InChI=1S/C12H16N2O6/c1-6-2-3-7(8(4-6)14(18)19)13-12-11(17)10(16)9(5-15)20-12/h2-4,9-13,15-17H,5H2,1H3/t9-,10+,11-,12-/m1/s1. The van der Waals surface area contributed by atoms with Crippen LogP contribution in [0.15, 0.2) is 18.2 Å². The van der Waals surface area contributed by atoms with Crippen LogP contribution in [-0.4, -0.2) is 51.4 Å². The average molecular weight is 284 g/mol. The van der Waals surface area contributed by atoms with Gasteiger partial charge in [-0.3, -0.25) is 10.1 Å². The molecule has 0 amide bonds. The van der Waals surface area contributed by atoms with E-state index in [4.69, 9.17) is 9.84 Å². The van der Waals surface area contributed by atoms with Crippen LogP contribution in [0.1, 0.15) is 5.56 Å². The molecule has 0 radical (unpaired) electrons. The number of nitrogens with one attached hydrogen (secondary N) is 1. The molecule has 110 valence electrons. The van der Waals surface area contributed by atoms with Crippen LogP contribution in [0.25, 0.3) is 0 Å². The van der Waals surface area contributed by atoms with Crippen molar-refractivity contribution >= 4 is 11.4 Å². The van der Waals surface area contributed by atoms with Crippen LogP contribution in [0.2, 0.25) is 0 Å². The van der Waals surface area contributed by atoms with Gasteiger partial charge in [0.25, 0.3) is 5.69 Å². The molecule has 1 aliphatic rings. The Morgan fingerprint density at radius 2 is 2.10 bits per heavy atom. The third-order valence-corrected chi connectivity index (χ3v) is 3.19. The van der Waals surface area contributed by atoms with Gasteiger partial charge in [0, 0.05) is 6.07 Å². The molecule has 0 saturated carbocycles. The van der Waals surface area contributed by atoms with Gasteiger partial charge in [0.15, 0.2) is 6.23 Å². The Bertz CT molecular complexity index is 509. The first kappa shape index (κ1) is 14.7. The first-order valence-corrected chi connectivity index (χ1v) is 6.08.